The van der Waals surface area contributed by atoms with Crippen LogP contribution in [0.5, 0.6) is 0 Å². The van der Waals surface area contributed by atoms with E-state index in [1.165, 1.54) is 12.1 Å². The largest absolute Gasteiger partial charge is 0.480 e. The van der Waals surface area contributed by atoms with E-state index in [4.69, 9.17) is 16.3 Å². The third kappa shape index (κ3) is 4.76. The first-order valence-corrected chi connectivity index (χ1v) is 10.6. The van der Waals surface area contributed by atoms with Crippen LogP contribution in [0.15, 0.2) is 72.8 Å². The lowest BCUT2D eigenvalue weighted by Crippen LogP contribution is -2.36. The Bertz CT molecular complexity index is 1250. The second kappa shape index (κ2) is 9.92. The number of nitrogens with one attached hydrogen (secondary N) is 1. The molecule has 0 bridgehead atoms. The summed E-state index contributed by atoms with van der Waals surface area (Å²) in [6.07, 6.45) is 4.60. The topological polar surface area (TPSA) is 95.9 Å². The van der Waals surface area contributed by atoms with Gasteiger partial charge in [0, 0.05) is 17.2 Å². The van der Waals surface area contributed by atoms with Crippen molar-refractivity contribution in [2.75, 3.05) is 25.0 Å². The molecule has 34 heavy (non-hydrogen) atoms. The van der Waals surface area contributed by atoms with Crippen LogP contribution in [0.25, 0.3) is 11.1 Å². The number of rotatable bonds is 7. The van der Waals surface area contributed by atoms with E-state index in [0.717, 1.165) is 27.2 Å². The van der Waals surface area contributed by atoms with E-state index in [1.54, 1.807) is 12.1 Å². The Hall–Kier alpha value is -4.57. The Kier molecular flexibility index (Phi) is 6.60. The summed E-state index contributed by atoms with van der Waals surface area (Å²) < 4.78 is 5.53. The van der Waals surface area contributed by atoms with Gasteiger partial charge in [-0.3, -0.25) is 14.9 Å². The summed E-state index contributed by atoms with van der Waals surface area (Å²) >= 11 is 0. The number of carboxylic acids is 1. The van der Waals surface area contributed by atoms with E-state index in [9.17, 15) is 14.4 Å². The number of fused-ring (bicyclic) bond motifs is 3. The molecule has 0 saturated heterocycles. The maximum Gasteiger partial charge on any atom is 0.411 e. The van der Waals surface area contributed by atoms with Crippen molar-refractivity contribution in [3.05, 3.63) is 89.5 Å². The molecule has 0 atom stereocenters. The van der Waals surface area contributed by atoms with Gasteiger partial charge in [0.15, 0.2) is 0 Å². The number of carbonyl (C=O) groups excluding carboxylic acids is 2. The van der Waals surface area contributed by atoms with E-state index in [0.29, 0.717) is 5.69 Å². The summed E-state index contributed by atoms with van der Waals surface area (Å²) in [5.74, 6) is 0.496. The van der Waals surface area contributed by atoms with Crippen LogP contribution in [0.1, 0.15) is 27.4 Å². The van der Waals surface area contributed by atoms with E-state index < -0.39 is 24.5 Å². The monoisotopic (exact) mass is 454 g/mol. The lowest BCUT2D eigenvalue weighted by molar-refractivity contribution is -0.137. The van der Waals surface area contributed by atoms with Crippen LogP contribution in [0.2, 0.25) is 0 Å². The molecule has 3 aromatic rings. The van der Waals surface area contributed by atoms with Gasteiger partial charge < -0.3 is 14.7 Å². The zero-order valence-corrected chi connectivity index (χ0v) is 18.2. The smallest absolute Gasteiger partial charge is 0.411 e. The summed E-state index contributed by atoms with van der Waals surface area (Å²) in [4.78, 5) is 37.3. The minimum Gasteiger partial charge on any atom is -0.480 e. The van der Waals surface area contributed by atoms with Gasteiger partial charge in [-0.05, 0) is 40.5 Å². The van der Waals surface area contributed by atoms with Gasteiger partial charge in [-0.1, -0.05) is 60.5 Å². The van der Waals surface area contributed by atoms with Crippen molar-refractivity contribution >= 4 is 23.7 Å². The molecule has 0 saturated carbocycles. The zero-order valence-electron chi connectivity index (χ0n) is 18.2. The Morgan fingerprint density at radius 2 is 1.62 bits per heavy atom. The van der Waals surface area contributed by atoms with Crippen LogP contribution >= 0.6 is 0 Å². The molecule has 7 heteroatoms. The van der Waals surface area contributed by atoms with Crippen molar-refractivity contribution in [1.29, 1.82) is 0 Å². The van der Waals surface area contributed by atoms with Crippen LogP contribution in [-0.2, 0) is 9.53 Å². The summed E-state index contributed by atoms with van der Waals surface area (Å²) in [6, 6.07) is 22.3. The second-order valence-electron chi connectivity index (χ2n) is 7.79. The number of hydrogen-bond acceptors (Lipinski definition) is 4. The fraction of sp³-hybridized carbons (Fsp3) is 0.148. The number of nitrogens with zero attached hydrogens (tertiary/aromatic N) is 1. The lowest BCUT2D eigenvalue weighted by Gasteiger charge is -2.18. The zero-order chi connectivity index (χ0) is 24.1. The van der Waals surface area contributed by atoms with Crippen LogP contribution < -0.4 is 5.32 Å². The number of carboxylic acid groups (broad SMARTS) is 1. The molecule has 2 N–H and O–H groups in total. The highest BCUT2D eigenvalue weighted by molar-refractivity contribution is 5.97. The maximum absolute atomic E-state index is 12.7. The number of anilines is 1. The normalized spacial score (nSPS) is 11.6. The summed E-state index contributed by atoms with van der Waals surface area (Å²) in [5.41, 5.74) is 5.03. The van der Waals surface area contributed by atoms with Crippen molar-refractivity contribution in [2.24, 2.45) is 0 Å². The molecule has 0 aromatic heterocycles. The molecule has 170 valence electrons. The highest BCUT2D eigenvalue weighted by atomic mass is 16.5. The quantitative estimate of drug-likeness (QED) is 0.522. The molecule has 0 fully saturated rings. The van der Waals surface area contributed by atoms with E-state index in [-0.39, 0.29) is 24.6 Å². The average Bonchev–Trinajstić information content (AvgIpc) is 3.16. The second-order valence-corrected chi connectivity index (χ2v) is 7.79. The molecule has 0 radical (unpaired) electrons. The van der Waals surface area contributed by atoms with Crippen LogP contribution in [0.3, 0.4) is 0 Å². The summed E-state index contributed by atoms with van der Waals surface area (Å²) in [6.45, 7) is -0.505. The van der Waals surface area contributed by atoms with Gasteiger partial charge in [-0.2, -0.15) is 0 Å². The van der Waals surface area contributed by atoms with Crippen LogP contribution in [-0.4, -0.2) is 47.7 Å². The van der Waals surface area contributed by atoms with Crippen molar-refractivity contribution in [3.8, 4) is 23.5 Å². The van der Waals surface area contributed by atoms with E-state index >= 15 is 0 Å². The van der Waals surface area contributed by atoms with Gasteiger partial charge >= 0.3 is 12.1 Å². The van der Waals surface area contributed by atoms with Gasteiger partial charge in [0.25, 0.3) is 5.91 Å². The molecular formula is C27H22N2O5. The van der Waals surface area contributed by atoms with Crippen LogP contribution in [0.4, 0.5) is 10.5 Å². The standard InChI is InChI=1S/C27H22N2O5/c1-2-14-29(16-25(30)31)26(32)18-8-7-9-19(15-18)28-27(33)34-17-24-22-12-5-3-10-20(22)21-11-4-6-13-23(21)24/h1,3-13,15,24H,14,16-17H2,(H,28,33)(H,30,31). The van der Waals surface area contributed by atoms with Gasteiger partial charge in [0.1, 0.15) is 13.2 Å². The van der Waals surface area contributed by atoms with Gasteiger partial charge in [0.2, 0.25) is 0 Å². The Balaban J connectivity index is 1.43. The first-order valence-electron chi connectivity index (χ1n) is 10.6. The van der Waals surface area contributed by atoms with Crippen LogP contribution in [0, 0.1) is 12.3 Å². The number of carbonyl (C=O) groups is 3. The number of hydrogen-bond donors (Lipinski definition) is 2. The van der Waals surface area contributed by atoms with Gasteiger partial charge in [-0.15, -0.1) is 6.42 Å². The molecular weight excluding hydrogens is 432 g/mol. The molecule has 1 aliphatic rings. The predicted octanol–water partition coefficient (Wildman–Crippen LogP) is 4.21. The van der Waals surface area contributed by atoms with E-state index in [1.807, 2.05) is 36.4 Å². The molecule has 3 aromatic carbocycles. The first-order chi connectivity index (χ1) is 16.5. The highest BCUT2D eigenvalue weighted by Gasteiger charge is 2.29. The highest BCUT2D eigenvalue weighted by Crippen LogP contribution is 2.44. The SMILES string of the molecule is C#CCN(CC(=O)O)C(=O)c1cccc(NC(=O)OCC2c3ccccc3-c3ccccc32)c1. The molecule has 4 rings (SSSR count). The number of benzene rings is 3. The number of ether oxygens (including phenoxy) is 1. The number of amides is 2. The third-order valence-corrected chi connectivity index (χ3v) is 5.60. The van der Waals surface area contributed by atoms with E-state index in [2.05, 4.69) is 23.4 Å². The first kappa shape index (κ1) is 22.6. The predicted molar refractivity (Wildman–Crippen MR) is 128 cm³/mol. The number of terminal acetylenes is 1. The minimum absolute atomic E-state index is 0.0700. The average molecular weight is 454 g/mol. The van der Waals surface area contributed by atoms with Crippen molar-refractivity contribution in [2.45, 2.75) is 5.92 Å². The Morgan fingerprint density at radius 1 is 0.971 bits per heavy atom. The molecule has 0 heterocycles. The van der Waals surface area contributed by atoms with Gasteiger partial charge in [0.05, 0.1) is 6.54 Å². The fourth-order valence-corrected chi connectivity index (χ4v) is 4.14. The number of aliphatic carboxylic acids is 1. The van der Waals surface area contributed by atoms with Gasteiger partial charge in [-0.25, -0.2) is 4.79 Å². The minimum atomic E-state index is -1.17. The molecule has 0 unspecified atom stereocenters. The maximum atomic E-state index is 12.7. The molecule has 7 nitrogen and oxygen atoms in total. The molecule has 1 aliphatic carbocycles. The molecule has 0 spiro atoms. The Morgan fingerprint density at radius 3 is 2.24 bits per heavy atom. The Labute approximate surface area is 197 Å². The van der Waals surface area contributed by atoms with Crippen molar-refractivity contribution < 1.29 is 24.2 Å². The molecule has 2 amide bonds. The summed E-state index contributed by atoms with van der Waals surface area (Å²) in [7, 11) is 0. The third-order valence-electron chi connectivity index (χ3n) is 5.60. The van der Waals surface area contributed by atoms with Crippen molar-refractivity contribution in [1.82, 2.24) is 4.90 Å². The lowest BCUT2D eigenvalue weighted by atomic mass is 9.98. The molecule has 0 aliphatic heterocycles. The fourth-order valence-electron chi connectivity index (χ4n) is 4.14. The summed E-state index contributed by atoms with van der Waals surface area (Å²) in [5, 5.41) is 11.6. The van der Waals surface area contributed by atoms with Crippen molar-refractivity contribution in [3.63, 3.8) is 0 Å².